The topological polar surface area (TPSA) is 66.6 Å². The van der Waals surface area contributed by atoms with Gasteiger partial charge in [-0.3, -0.25) is 10.1 Å². The van der Waals surface area contributed by atoms with Crippen LogP contribution in [0.4, 0.5) is 16.4 Å². The van der Waals surface area contributed by atoms with Crippen LogP contribution in [0.25, 0.3) is 0 Å². The second-order valence-corrected chi connectivity index (χ2v) is 5.87. The zero-order valence-corrected chi connectivity index (χ0v) is 13.1. The lowest BCUT2D eigenvalue weighted by Gasteiger charge is -2.22. The molecular formula is C15H18N2O3S. The quantitative estimate of drug-likeness (QED) is 0.665. The van der Waals surface area contributed by atoms with E-state index in [-0.39, 0.29) is 5.69 Å². The third-order valence-electron chi connectivity index (χ3n) is 3.29. The zero-order valence-electron chi connectivity index (χ0n) is 12.2. The van der Waals surface area contributed by atoms with Gasteiger partial charge in [-0.1, -0.05) is 18.2 Å². The van der Waals surface area contributed by atoms with Crippen molar-refractivity contribution in [3.8, 4) is 0 Å². The highest BCUT2D eigenvalue weighted by atomic mass is 32.1. The van der Waals surface area contributed by atoms with E-state index < -0.39 is 11.0 Å². The van der Waals surface area contributed by atoms with Crippen molar-refractivity contribution >= 4 is 27.7 Å². The van der Waals surface area contributed by atoms with Gasteiger partial charge in [0.2, 0.25) is 0 Å². The molecule has 0 unspecified atom stereocenters. The molecule has 5 nitrogen and oxygen atoms in total. The fourth-order valence-electron chi connectivity index (χ4n) is 2.21. The molecule has 0 saturated heterocycles. The van der Waals surface area contributed by atoms with Crippen LogP contribution >= 0.6 is 11.3 Å². The average molecular weight is 306 g/mol. The Morgan fingerprint density at radius 1 is 1.43 bits per heavy atom. The molecule has 1 aromatic heterocycles. The summed E-state index contributed by atoms with van der Waals surface area (Å²) in [5.74, 6) is 0. The lowest BCUT2D eigenvalue weighted by molar-refractivity contribution is -0.383. The Bertz CT molecular complexity index is 652. The number of para-hydroxylation sites is 1. The molecule has 1 atom stereocenters. The van der Waals surface area contributed by atoms with Gasteiger partial charge in [-0.05, 0) is 32.4 Å². The van der Waals surface area contributed by atoms with Gasteiger partial charge < -0.3 is 10.0 Å². The highest BCUT2D eigenvalue weighted by Gasteiger charge is 2.26. The van der Waals surface area contributed by atoms with Crippen molar-refractivity contribution in [2.45, 2.75) is 26.9 Å². The van der Waals surface area contributed by atoms with Crippen LogP contribution in [0, 0.1) is 17.0 Å². The van der Waals surface area contributed by atoms with Crippen LogP contribution in [0.3, 0.4) is 0 Å². The minimum atomic E-state index is -0.710. The molecule has 1 heterocycles. The molecule has 21 heavy (non-hydrogen) atoms. The Hall–Kier alpha value is -1.92. The fourth-order valence-corrected chi connectivity index (χ4v) is 3.35. The Balaban J connectivity index is 2.57. The molecule has 6 heteroatoms. The van der Waals surface area contributed by atoms with Crippen LogP contribution in [-0.2, 0) is 0 Å². The van der Waals surface area contributed by atoms with Crippen LogP contribution in [0.5, 0.6) is 0 Å². The van der Waals surface area contributed by atoms with Crippen molar-refractivity contribution in [2.75, 3.05) is 11.4 Å². The molecule has 112 valence electrons. The molecule has 0 saturated carbocycles. The van der Waals surface area contributed by atoms with Gasteiger partial charge >= 0.3 is 5.69 Å². The number of nitro groups is 1. The summed E-state index contributed by atoms with van der Waals surface area (Å²) in [4.78, 5) is 13.4. The Kier molecular flexibility index (Phi) is 4.59. The molecule has 1 aromatic carbocycles. The Labute approximate surface area is 127 Å². The molecule has 0 fully saturated rings. The molecule has 0 aliphatic rings. The van der Waals surface area contributed by atoms with E-state index in [1.165, 1.54) is 17.4 Å². The Morgan fingerprint density at radius 3 is 2.62 bits per heavy atom. The molecule has 0 aliphatic heterocycles. The maximum atomic E-state index is 11.3. The molecule has 0 spiro atoms. The van der Waals surface area contributed by atoms with Gasteiger partial charge in [0, 0.05) is 23.2 Å². The van der Waals surface area contributed by atoms with Gasteiger partial charge in [0.25, 0.3) is 0 Å². The largest absolute Gasteiger partial charge is 0.388 e. The second kappa shape index (κ2) is 6.24. The first-order valence-electron chi connectivity index (χ1n) is 6.75. The third kappa shape index (κ3) is 3.06. The maximum absolute atomic E-state index is 11.3. The van der Waals surface area contributed by atoms with Crippen LogP contribution in [0.1, 0.15) is 30.4 Å². The standard InChI is InChI=1S/C15H18N2O3S/c1-4-16(12-8-6-5-7-10(12)2)15-13(17(19)20)9-14(21-15)11(3)18/h5-9,11,18H,4H2,1-3H3/t11-/m1/s1. The number of hydrogen-bond acceptors (Lipinski definition) is 5. The van der Waals surface area contributed by atoms with Crippen molar-refractivity contribution in [1.29, 1.82) is 0 Å². The minimum absolute atomic E-state index is 0.0426. The summed E-state index contributed by atoms with van der Waals surface area (Å²) < 4.78 is 0. The van der Waals surface area contributed by atoms with Crippen LogP contribution in [0.2, 0.25) is 0 Å². The molecule has 2 rings (SSSR count). The summed E-state index contributed by atoms with van der Waals surface area (Å²) in [5.41, 5.74) is 2.05. The monoisotopic (exact) mass is 306 g/mol. The number of benzene rings is 1. The third-order valence-corrected chi connectivity index (χ3v) is 4.61. The van der Waals surface area contributed by atoms with Crippen molar-refractivity contribution in [3.63, 3.8) is 0 Å². The zero-order chi connectivity index (χ0) is 15.6. The van der Waals surface area contributed by atoms with Crippen molar-refractivity contribution < 1.29 is 10.0 Å². The van der Waals surface area contributed by atoms with E-state index in [9.17, 15) is 15.2 Å². The summed E-state index contributed by atoms with van der Waals surface area (Å²) in [6, 6.07) is 9.25. The number of nitrogens with zero attached hydrogens (tertiary/aromatic N) is 2. The molecule has 2 aromatic rings. The van der Waals surface area contributed by atoms with E-state index in [1.54, 1.807) is 6.92 Å². The summed E-state index contributed by atoms with van der Waals surface area (Å²) in [5, 5.41) is 21.6. The van der Waals surface area contributed by atoms with E-state index in [4.69, 9.17) is 0 Å². The fraction of sp³-hybridized carbons (Fsp3) is 0.333. The van der Waals surface area contributed by atoms with E-state index >= 15 is 0 Å². The summed E-state index contributed by atoms with van der Waals surface area (Å²) in [6.07, 6.45) is -0.710. The van der Waals surface area contributed by atoms with Gasteiger partial charge in [-0.15, -0.1) is 11.3 Å². The van der Waals surface area contributed by atoms with E-state index in [0.717, 1.165) is 11.3 Å². The van der Waals surface area contributed by atoms with Gasteiger partial charge in [-0.2, -0.15) is 0 Å². The van der Waals surface area contributed by atoms with Gasteiger partial charge in [0.1, 0.15) is 0 Å². The smallest absolute Gasteiger partial charge is 0.304 e. The molecule has 0 radical (unpaired) electrons. The lowest BCUT2D eigenvalue weighted by atomic mass is 10.2. The highest BCUT2D eigenvalue weighted by molar-refractivity contribution is 7.16. The first-order valence-corrected chi connectivity index (χ1v) is 7.56. The van der Waals surface area contributed by atoms with E-state index in [0.29, 0.717) is 16.4 Å². The van der Waals surface area contributed by atoms with Crippen molar-refractivity contribution in [2.24, 2.45) is 0 Å². The maximum Gasteiger partial charge on any atom is 0.304 e. The SMILES string of the molecule is CCN(c1ccccc1C)c1sc([C@@H](C)O)cc1[N+](=O)[O-]. The van der Waals surface area contributed by atoms with Crippen molar-refractivity contribution in [3.05, 3.63) is 50.9 Å². The van der Waals surface area contributed by atoms with Gasteiger partial charge in [0.15, 0.2) is 5.00 Å². The number of anilines is 2. The number of aliphatic hydroxyl groups is 1. The second-order valence-electron chi connectivity index (χ2n) is 4.80. The van der Waals surface area contributed by atoms with Crippen LogP contribution in [0.15, 0.2) is 30.3 Å². The minimum Gasteiger partial charge on any atom is -0.388 e. The lowest BCUT2D eigenvalue weighted by Crippen LogP contribution is -2.16. The number of thiophene rings is 1. The molecule has 1 N–H and O–H groups in total. The molecular weight excluding hydrogens is 288 g/mol. The normalized spacial score (nSPS) is 12.2. The van der Waals surface area contributed by atoms with Gasteiger partial charge in [0.05, 0.1) is 11.0 Å². The number of aliphatic hydroxyl groups excluding tert-OH is 1. The highest BCUT2D eigenvalue weighted by Crippen LogP contribution is 2.43. The Morgan fingerprint density at radius 2 is 2.10 bits per heavy atom. The predicted molar refractivity (Wildman–Crippen MR) is 85.5 cm³/mol. The van der Waals surface area contributed by atoms with Crippen LogP contribution in [-0.4, -0.2) is 16.6 Å². The summed E-state index contributed by atoms with van der Waals surface area (Å²) in [6.45, 7) is 6.17. The molecule has 0 aliphatic carbocycles. The summed E-state index contributed by atoms with van der Waals surface area (Å²) >= 11 is 1.27. The number of aryl methyl sites for hydroxylation is 1. The number of rotatable bonds is 5. The van der Waals surface area contributed by atoms with E-state index in [1.807, 2.05) is 43.0 Å². The van der Waals surface area contributed by atoms with Crippen LogP contribution < -0.4 is 4.90 Å². The average Bonchev–Trinajstić information content (AvgIpc) is 2.87. The summed E-state index contributed by atoms with van der Waals surface area (Å²) in [7, 11) is 0. The predicted octanol–water partition coefficient (Wildman–Crippen LogP) is 4.18. The number of hydrogen-bond donors (Lipinski definition) is 1. The van der Waals surface area contributed by atoms with Gasteiger partial charge in [-0.25, -0.2) is 0 Å². The first-order chi connectivity index (χ1) is 9.95. The van der Waals surface area contributed by atoms with Crippen molar-refractivity contribution in [1.82, 2.24) is 0 Å². The molecule has 0 amide bonds. The van der Waals surface area contributed by atoms with E-state index in [2.05, 4.69) is 0 Å². The first kappa shape index (κ1) is 15.5. The molecule has 0 bridgehead atoms.